The number of nitriles is 2. The van der Waals surface area contributed by atoms with Crippen LogP contribution < -0.4 is 0 Å². The Hall–Kier alpha value is -14.2. The van der Waals surface area contributed by atoms with Crippen LogP contribution >= 0.6 is 0 Å². The fourth-order valence-corrected chi connectivity index (χ4v) is 11.6. The Kier molecular flexibility index (Phi) is 17.8. The second kappa shape index (κ2) is 28.8. The maximum atomic E-state index is 9.50. The van der Waals surface area contributed by atoms with Gasteiger partial charge < -0.3 is 0 Å². The van der Waals surface area contributed by atoms with Gasteiger partial charge in [-0.15, -0.1) is 0 Å². The molecule has 4 heterocycles. The topological polar surface area (TPSA) is 176 Å². The van der Waals surface area contributed by atoms with Gasteiger partial charge >= 0.3 is 0 Å². The highest BCUT2D eigenvalue weighted by Crippen LogP contribution is 2.35. The molecule has 0 saturated heterocycles. The standard InChI is InChI=1S/2C44H28N6/c45-29-30-12-10-20-37(26-30)40-28-39(46-41(47-40)33-13-4-1-5-14-33)32-24-22-31(23-25-32)36-19-11-21-38(27-36)44-49-42(34-15-6-2-7-16-34)48-43(50-44)35-17-8-3-9-18-35;45-29-30-19-21-36(22-20-30)43-48-42(35-15-8-3-9-16-35)49-44(50-43)38-18-10-17-37(27-38)31-23-25-33(26-24-31)40-28-39(32-11-4-1-5-12-32)46-41(47-40)34-13-6-2-7-14-34/h2*1-28H. The second-order valence-corrected chi connectivity index (χ2v) is 23.4. The second-order valence-electron chi connectivity index (χ2n) is 23.4. The first kappa shape index (κ1) is 61.9. The van der Waals surface area contributed by atoms with Crippen molar-refractivity contribution in [3.8, 4) is 171 Å². The van der Waals surface area contributed by atoms with E-state index in [9.17, 15) is 10.5 Å². The van der Waals surface area contributed by atoms with Gasteiger partial charge in [0.2, 0.25) is 0 Å². The third kappa shape index (κ3) is 14.1. The van der Waals surface area contributed by atoms with E-state index in [2.05, 4.69) is 97.1 Å². The molecule has 12 heteroatoms. The first-order valence-electron chi connectivity index (χ1n) is 32.5. The molecule has 0 N–H and O–H groups in total. The van der Waals surface area contributed by atoms with Crippen molar-refractivity contribution in [2.75, 3.05) is 0 Å². The predicted octanol–water partition coefficient (Wildman–Crippen LogP) is 20.4. The Labute approximate surface area is 578 Å². The van der Waals surface area contributed by atoms with E-state index < -0.39 is 0 Å². The summed E-state index contributed by atoms with van der Waals surface area (Å²) in [6, 6.07) is 117. The van der Waals surface area contributed by atoms with E-state index in [0.717, 1.165) is 112 Å². The van der Waals surface area contributed by atoms with E-state index in [-0.39, 0.29) is 0 Å². The van der Waals surface area contributed by atoms with Crippen LogP contribution in [-0.4, -0.2) is 49.8 Å². The third-order valence-corrected chi connectivity index (χ3v) is 16.8. The van der Waals surface area contributed by atoms with Crippen LogP contribution in [0.4, 0.5) is 0 Å². The van der Waals surface area contributed by atoms with Crippen LogP contribution in [0.25, 0.3) is 158 Å². The van der Waals surface area contributed by atoms with E-state index in [0.29, 0.717) is 57.7 Å². The van der Waals surface area contributed by atoms with Gasteiger partial charge in [-0.2, -0.15) is 10.5 Å². The van der Waals surface area contributed by atoms with Crippen molar-refractivity contribution in [1.82, 2.24) is 49.8 Å². The van der Waals surface area contributed by atoms with Gasteiger partial charge in [-0.25, -0.2) is 49.8 Å². The minimum Gasteiger partial charge on any atom is -0.228 e. The molecule has 4 aromatic heterocycles. The van der Waals surface area contributed by atoms with Gasteiger partial charge in [0.25, 0.3) is 0 Å². The fraction of sp³-hybridized carbons (Fsp3) is 0. The molecule has 12 aromatic carbocycles. The quantitative estimate of drug-likeness (QED) is 0.101. The summed E-state index contributed by atoms with van der Waals surface area (Å²) in [7, 11) is 0. The fourth-order valence-electron chi connectivity index (χ4n) is 11.6. The normalized spacial score (nSPS) is 10.8. The third-order valence-electron chi connectivity index (χ3n) is 16.8. The van der Waals surface area contributed by atoms with Crippen LogP contribution in [0.1, 0.15) is 11.1 Å². The van der Waals surface area contributed by atoms with Gasteiger partial charge in [0.15, 0.2) is 46.6 Å². The van der Waals surface area contributed by atoms with Gasteiger partial charge in [-0.3, -0.25) is 0 Å². The van der Waals surface area contributed by atoms with Gasteiger partial charge in [-0.1, -0.05) is 279 Å². The van der Waals surface area contributed by atoms with Gasteiger partial charge in [0.05, 0.1) is 46.0 Å². The van der Waals surface area contributed by atoms with Crippen LogP contribution in [0, 0.1) is 22.7 Å². The Bertz CT molecular complexity index is 5520. The maximum absolute atomic E-state index is 9.50. The molecule has 0 aliphatic heterocycles. The van der Waals surface area contributed by atoms with Crippen molar-refractivity contribution in [2.24, 2.45) is 0 Å². The lowest BCUT2D eigenvalue weighted by molar-refractivity contribution is 1.07. The molecule has 16 aromatic rings. The molecule has 0 unspecified atom stereocenters. The molecule has 16 rings (SSSR count). The van der Waals surface area contributed by atoms with Crippen LogP contribution in [0.15, 0.2) is 340 Å². The van der Waals surface area contributed by atoms with Gasteiger partial charge in [-0.05, 0) is 82.9 Å². The number of aromatic nitrogens is 10. The molecule has 0 bridgehead atoms. The average Bonchev–Trinajstić information content (AvgIpc) is 0.810. The van der Waals surface area contributed by atoms with Crippen LogP contribution in [0.2, 0.25) is 0 Å². The van der Waals surface area contributed by atoms with Crippen molar-refractivity contribution in [3.05, 3.63) is 351 Å². The van der Waals surface area contributed by atoms with Gasteiger partial charge in [0, 0.05) is 66.8 Å². The Morgan fingerprint density at radius 2 is 0.380 bits per heavy atom. The lowest BCUT2D eigenvalue weighted by atomic mass is 9.99. The Balaban J connectivity index is 0.000000162. The Morgan fingerprint density at radius 3 is 0.720 bits per heavy atom. The van der Waals surface area contributed by atoms with E-state index in [4.69, 9.17) is 49.8 Å². The highest BCUT2D eigenvalue weighted by Gasteiger charge is 2.18. The summed E-state index contributed by atoms with van der Waals surface area (Å²) in [6.45, 7) is 0. The number of nitrogens with zero attached hydrogens (tertiary/aromatic N) is 12. The molecule has 0 atom stereocenters. The molecule has 468 valence electrons. The minimum absolute atomic E-state index is 0.544. The summed E-state index contributed by atoms with van der Waals surface area (Å²) in [6.07, 6.45) is 0. The SMILES string of the molecule is N#Cc1ccc(-c2nc(-c3ccccc3)nc(-c3cccc(-c4ccc(-c5cc(-c6ccccc6)nc(-c6ccccc6)n5)cc4)c3)n2)cc1.N#Cc1cccc(-c2cc(-c3ccc(-c4cccc(-c5nc(-c6ccccc6)nc(-c6ccccc6)n5)c4)cc3)nc(-c3ccccc3)n2)c1. The van der Waals surface area contributed by atoms with Crippen molar-refractivity contribution in [1.29, 1.82) is 10.5 Å². The molecule has 0 aliphatic rings. The molecule has 0 aliphatic carbocycles. The van der Waals surface area contributed by atoms with E-state index >= 15 is 0 Å². The first-order valence-corrected chi connectivity index (χ1v) is 32.5. The van der Waals surface area contributed by atoms with Gasteiger partial charge in [0.1, 0.15) is 0 Å². The average molecular weight is 1280 g/mol. The van der Waals surface area contributed by atoms with Crippen molar-refractivity contribution >= 4 is 0 Å². The summed E-state index contributed by atoms with van der Waals surface area (Å²) >= 11 is 0. The number of hydrogen-bond donors (Lipinski definition) is 0. The van der Waals surface area contributed by atoms with Crippen LogP contribution in [-0.2, 0) is 0 Å². The zero-order chi connectivity index (χ0) is 67.4. The van der Waals surface area contributed by atoms with Crippen molar-refractivity contribution < 1.29 is 0 Å². The first-order chi connectivity index (χ1) is 49.4. The predicted molar refractivity (Wildman–Crippen MR) is 396 cm³/mol. The molecular weight excluding hydrogens is 1230 g/mol. The summed E-state index contributed by atoms with van der Waals surface area (Å²) in [4.78, 5) is 49.0. The monoisotopic (exact) mass is 1280 g/mol. The van der Waals surface area contributed by atoms with E-state index in [1.165, 1.54) is 0 Å². The molecule has 0 fully saturated rings. The molecular formula is C88H56N12. The lowest BCUT2D eigenvalue weighted by Crippen LogP contribution is -2.00. The summed E-state index contributed by atoms with van der Waals surface area (Å²) in [5.74, 6) is 4.87. The smallest absolute Gasteiger partial charge is 0.164 e. The summed E-state index contributed by atoms with van der Waals surface area (Å²) in [5, 5.41) is 18.8. The number of benzene rings is 12. The number of rotatable bonds is 14. The largest absolute Gasteiger partial charge is 0.228 e. The van der Waals surface area contributed by atoms with Crippen LogP contribution in [0.5, 0.6) is 0 Å². The molecule has 0 saturated carbocycles. The summed E-state index contributed by atoms with van der Waals surface area (Å²) in [5.41, 5.74) is 19.7. The molecule has 0 amide bonds. The molecule has 12 nitrogen and oxygen atoms in total. The van der Waals surface area contributed by atoms with Crippen LogP contribution in [0.3, 0.4) is 0 Å². The van der Waals surface area contributed by atoms with E-state index in [1.807, 2.05) is 237 Å². The molecule has 100 heavy (non-hydrogen) atoms. The zero-order valence-corrected chi connectivity index (χ0v) is 53.7. The van der Waals surface area contributed by atoms with Crippen molar-refractivity contribution in [3.63, 3.8) is 0 Å². The number of hydrogen-bond acceptors (Lipinski definition) is 12. The summed E-state index contributed by atoms with van der Waals surface area (Å²) < 4.78 is 0. The van der Waals surface area contributed by atoms with E-state index in [1.54, 1.807) is 18.2 Å². The zero-order valence-electron chi connectivity index (χ0n) is 53.7. The molecule has 0 radical (unpaired) electrons. The lowest BCUT2D eigenvalue weighted by Gasteiger charge is -2.11. The highest BCUT2D eigenvalue weighted by molar-refractivity contribution is 5.80. The molecule has 0 spiro atoms. The maximum Gasteiger partial charge on any atom is 0.164 e. The highest BCUT2D eigenvalue weighted by atomic mass is 15.0. The minimum atomic E-state index is 0.544. The Morgan fingerprint density at radius 1 is 0.150 bits per heavy atom. The van der Waals surface area contributed by atoms with Crippen molar-refractivity contribution in [2.45, 2.75) is 0 Å².